The average molecular weight is 1930 g/mol. The van der Waals surface area contributed by atoms with Crippen LogP contribution < -0.4 is 0 Å². The zero-order chi connectivity index (χ0) is 99.6. The second-order valence-electron chi connectivity index (χ2n) is 42.1. The summed E-state index contributed by atoms with van der Waals surface area (Å²) in [5.41, 5.74) is 41.7. The maximum absolute atomic E-state index is 5.53. The second kappa shape index (κ2) is 33.2. The van der Waals surface area contributed by atoms with Gasteiger partial charge < -0.3 is 18.3 Å². The number of fused-ring (bicyclic) bond motifs is 30. The summed E-state index contributed by atoms with van der Waals surface area (Å²) < 4.78 is 12.4. The zero-order valence-electron chi connectivity index (χ0n) is 83.6. The maximum Gasteiger partial charge on any atom is 0.162 e. The normalized spacial score (nSPS) is 13.9. The topological polar surface area (TPSA) is 97.1 Å². The van der Waals surface area contributed by atoms with E-state index >= 15 is 0 Å². The molecule has 0 unspecified atom stereocenters. The molecule has 11 heteroatoms. The average Bonchev–Trinajstić information content (AvgIpc) is 1.53. The van der Waals surface area contributed by atoms with E-state index in [1.54, 1.807) is 0 Å². The van der Waals surface area contributed by atoms with E-state index in [2.05, 4.69) is 523 Å². The molecule has 8 heterocycles. The molecule has 8 aromatic heterocycles. The largest absolute Gasteiger partial charge is 0.308 e. The quantitative estimate of drug-likeness (QED) is 0.135. The van der Waals surface area contributed by atoms with Crippen molar-refractivity contribution < 1.29 is 0 Å². The van der Waals surface area contributed by atoms with Crippen molar-refractivity contribution in [1.82, 2.24) is 48.2 Å². The van der Waals surface area contributed by atoms with Gasteiger partial charge in [0.25, 0.3) is 0 Å². The maximum atomic E-state index is 5.53. The highest BCUT2D eigenvalue weighted by Crippen LogP contribution is 2.59. The molecule has 0 aliphatic heterocycles. The number of hydrogen-bond acceptors (Lipinski definition) is 7. The number of para-hydroxylation sites is 8. The number of rotatable bonds is 10. The van der Waals surface area contributed by atoms with E-state index < -0.39 is 0 Å². The van der Waals surface area contributed by atoms with Gasteiger partial charge in [0.15, 0.2) is 17.5 Å². The molecular formula is C138H98N10S. The Balaban J connectivity index is 0.000000105. The predicted octanol–water partition coefficient (Wildman–Crippen LogP) is 35.4. The molecule has 0 amide bonds. The molecule has 10 nitrogen and oxygen atoms in total. The van der Waals surface area contributed by atoms with Gasteiger partial charge in [-0.15, -0.1) is 11.3 Å². The standard InChI is InChI=1S/C49H34N4.C46H35N3.C43H29N3S/c1-49(2)39-25-13-9-23-37(39)45-43(49)44(31-17-5-3-6-18-31)50-48(51-45)38-24-12-16-28-42(38)53-41-27-15-11-22-34(41)36-30-29-35-33-21-10-14-26-40(33)52(46(35)47(36)53)32-19-7-4-8-20-32;1-45(2)35-22-12-8-18-29(35)31-26-27-32-30-19-10-14-24-37(30)49(43(32)39(31)45)38-25-15-11-21-34(38)44-47-41(28-16-6-5-7-17-28)40-42(48-44)33-20-9-13-23-36(33)46(40,3)4;1-43(2)33-20-10-6-18-31(33)39-37(43)38(26-14-4-3-5-15-26)44-42(45-39)32-19-8-12-22-35(32)46-34-21-11-7-16-27(34)29-24-25-30-28-17-9-13-23-36(28)47-41(30)40(29)46/h3-30H,1-2H3;5-27H,1-4H3;3-25H,1-2H3. The lowest BCUT2D eigenvalue weighted by Crippen LogP contribution is -2.17. The van der Waals surface area contributed by atoms with E-state index in [1.807, 2.05) is 11.3 Å². The minimum Gasteiger partial charge on any atom is -0.308 e. The third kappa shape index (κ3) is 12.9. The van der Waals surface area contributed by atoms with Crippen LogP contribution in [0.15, 0.2) is 449 Å². The lowest BCUT2D eigenvalue weighted by atomic mass is 9.81. The molecular weight excluding hydrogens is 1830 g/mol. The Hall–Kier alpha value is -18.2. The van der Waals surface area contributed by atoms with Crippen molar-refractivity contribution >= 4 is 119 Å². The molecule has 19 aromatic carbocycles. The SMILES string of the molecule is CC1(C)c2ccccc2-c2nc(-c3ccccc3-n3c4ccccc4c4ccc5c(c43)C(C)(C)c3ccccc3-5)nc(-c3ccccc3)c21.CC1(C)c2ccccc2-c2nc(-c3ccccc3-n3c4ccccc4c4ccc5c6ccccc6n(-c6ccccc6)c5c43)nc(-c3ccccc3)c21.CC1(C)c2ccccc2-c2nc(-c3ccccc3-n3c4ccccc4c4ccc5c6ccccc6sc5c43)nc(-c3ccccc3)c21. The Morgan fingerprint density at radius 3 is 0.859 bits per heavy atom. The van der Waals surface area contributed by atoms with Crippen molar-refractivity contribution in [3.05, 3.63) is 493 Å². The van der Waals surface area contributed by atoms with Crippen LogP contribution in [0.25, 0.3) is 243 Å². The molecule has 31 rings (SSSR count). The van der Waals surface area contributed by atoms with Gasteiger partial charge in [0.05, 0.1) is 100 Å². The molecule has 0 spiro atoms. The second-order valence-corrected chi connectivity index (χ2v) is 43.2. The van der Waals surface area contributed by atoms with Crippen LogP contribution in [-0.2, 0) is 21.7 Å². The summed E-state index contributed by atoms with van der Waals surface area (Å²) in [6.45, 7) is 18.6. The van der Waals surface area contributed by atoms with E-state index in [9.17, 15) is 0 Å². The Labute approximate surface area is 866 Å². The Morgan fingerprint density at radius 2 is 0.450 bits per heavy atom. The molecule has 0 saturated carbocycles. The van der Waals surface area contributed by atoms with Gasteiger partial charge in [-0.3, -0.25) is 0 Å². The Kier molecular flexibility index (Phi) is 19.5. The first-order valence-corrected chi connectivity index (χ1v) is 52.4. The van der Waals surface area contributed by atoms with Crippen LogP contribution >= 0.6 is 11.3 Å². The molecule has 0 radical (unpaired) electrons. The molecule has 27 aromatic rings. The number of nitrogens with zero attached hydrogens (tertiary/aromatic N) is 10. The molecule has 706 valence electrons. The van der Waals surface area contributed by atoms with E-state index in [1.165, 1.54) is 169 Å². The van der Waals surface area contributed by atoms with E-state index in [0.717, 1.165) is 113 Å². The van der Waals surface area contributed by atoms with E-state index in [-0.39, 0.29) is 21.7 Å². The summed E-state index contributed by atoms with van der Waals surface area (Å²) in [6.07, 6.45) is 0. The van der Waals surface area contributed by atoms with Gasteiger partial charge in [0.2, 0.25) is 0 Å². The molecule has 0 bridgehead atoms. The third-order valence-electron chi connectivity index (χ3n) is 32.5. The summed E-state index contributed by atoms with van der Waals surface area (Å²) in [5, 5.41) is 12.5. The third-order valence-corrected chi connectivity index (χ3v) is 33.7. The number of hydrogen-bond donors (Lipinski definition) is 0. The van der Waals surface area contributed by atoms with Gasteiger partial charge >= 0.3 is 0 Å². The molecule has 0 saturated heterocycles. The van der Waals surface area contributed by atoms with Crippen LogP contribution in [0.2, 0.25) is 0 Å². The van der Waals surface area contributed by atoms with Crippen molar-refractivity contribution in [2.24, 2.45) is 0 Å². The predicted molar refractivity (Wildman–Crippen MR) is 619 cm³/mol. The molecule has 0 atom stereocenters. The van der Waals surface area contributed by atoms with Gasteiger partial charge in [-0.2, -0.15) is 0 Å². The minimum absolute atomic E-state index is 0.174. The van der Waals surface area contributed by atoms with Crippen LogP contribution in [0, 0.1) is 0 Å². The minimum atomic E-state index is -0.252. The molecule has 149 heavy (non-hydrogen) atoms. The first kappa shape index (κ1) is 87.4. The highest BCUT2D eigenvalue weighted by atomic mass is 32.1. The fourth-order valence-electron chi connectivity index (χ4n) is 25.8. The highest BCUT2D eigenvalue weighted by Gasteiger charge is 2.46. The Morgan fingerprint density at radius 1 is 0.181 bits per heavy atom. The van der Waals surface area contributed by atoms with Crippen LogP contribution in [0.3, 0.4) is 0 Å². The van der Waals surface area contributed by atoms with Crippen molar-refractivity contribution in [2.45, 2.75) is 77.0 Å². The number of benzene rings is 19. The fraction of sp³-hybridized carbons (Fsp3) is 0.0870. The summed E-state index contributed by atoms with van der Waals surface area (Å²) in [6, 6.07) is 161. The monoisotopic (exact) mass is 1930 g/mol. The molecule has 0 N–H and O–H groups in total. The van der Waals surface area contributed by atoms with Crippen molar-refractivity contribution in [2.75, 3.05) is 0 Å². The summed E-state index contributed by atoms with van der Waals surface area (Å²) in [5.74, 6) is 2.19. The zero-order valence-corrected chi connectivity index (χ0v) is 84.4. The van der Waals surface area contributed by atoms with Gasteiger partial charge in [0, 0.05) is 153 Å². The van der Waals surface area contributed by atoms with Gasteiger partial charge in [-0.05, 0) is 118 Å². The molecule has 4 aliphatic rings. The first-order valence-electron chi connectivity index (χ1n) is 51.6. The van der Waals surface area contributed by atoms with Crippen LogP contribution in [0.5, 0.6) is 0 Å². The fourth-order valence-corrected chi connectivity index (χ4v) is 27.1. The lowest BCUT2D eigenvalue weighted by Gasteiger charge is -2.25. The summed E-state index contributed by atoms with van der Waals surface area (Å²) in [7, 11) is 0. The van der Waals surface area contributed by atoms with E-state index in [4.69, 9.17) is 29.9 Å². The van der Waals surface area contributed by atoms with Gasteiger partial charge in [-0.1, -0.05) is 425 Å². The number of aromatic nitrogens is 10. The van der Waals surface area contributed by atoms with Gasteiger partial charge in [0.1, 0.15) is 0 Å². The highest BCUT2D eigenvalue weighted by molar-refractivity contribution is 7.26. The summed E-state index contributed by atoms with van der Waals surface area (Å²) in [4.78, 5) is 32.9. The van der Waals surface area contributed by atoms with Crippen molar-refractivity contribution in [3.63, 3.8) is 0 Å². The Bertz CT molecular complexity index is 10300. The molecule has 4 aliphatic carbocycles. The summed E-state index contributed by atoms with van der Waals surface area (Å²) >= 11 is 1.87. The van der Waals surface area contributed by atoms with Crippen molar-refractivity contribution in [3.8, 4) is 136 Å². The van der Waals surface area contributed by atoms with Crippen LogP contribution in [-0.4, -0.2) is 48.2 Å². The number of thiophene rings is 1. The van der Waals surface area contributed by atoms with Crippen LogP contribution in [0.1, 0.15) is 99.9 Å². The lowest BCUT2D eigenvalue weighted by molar-refractivity contribution is 0.657. The first-order chi connectivity index (χ1) is 73.0. The molecule has 0 fully saturated rings. The van der Waals surface area contributed by atoms with Crippen molar-refractivity contribution in [1.29, 1.82) is 0 Å². The smallest absolute Gasteiger partial charge is 0.162 e. The van der Waals surface area contributed by atoms with Crippen LogP contribution in [0.4, 0.5) is 0 Å². The van der Waals surface area contributed by atoms with Gasteiger partial charge in [-0.25, -0.2) is 29.9 Å². The van der Waals surface area contributed by atoms with E-state index in [0.29, 0.717) is 5.82 Å².